The van der Waals surface area contributed by atoms with Gasteiger partial charge >= 0.3 is 5.97 Å². The second kappa shape index (κ2) is 6.36. The van der Waals surface area contributed by atoms with Gasteiger partial charge in [-0.3, -0.25) is 4.79 Å². The predicted octanol–water partition coefficient (Wildman–Crippen LogP) is 2.22. The molecule has 0 aromatic carbocycles. The number of nitrogens with zero attached hydrogens (tertiary/aromatic N) is 2. The molecule has 1 amide bonds. The van der Waals surface area contributed by atoms with Crippen LogP contribution in [0.4, 0.5) is 5.82 Å². The highest BCUT2D eigenvalue weighted by Gasteiger charge is 2.20. The number of hydrogen-bond donors (Lipinski definition) is 1. The molecule has 2 rings (SSSR count). The molecule has 110 valence electrons. The summed E-state index contributed by atoms with van der Waals surface area (Å²) in [6.45, 7) is 3.14. The van der Waals surface area contributed by atoms with Gasteiger partial charge in [0.05, 0.1) is 5.56 Å². The fourth-order valence-corrected chi connectivity index (χ4v) is 1.54. The van der Waals surface area contributed by atoms with E-state index in [9.17, 15) is 9.59 Å². The van der Waals surface area contributed by atoms with Crippen LogP contribution in [0.5, 0.6) is 0 Å². The molecule has 0 fully saturated rings. The maximum absolute atomic E-state index is 11.8. The molecule has 0 saturated heterocycles. The molecule has 0 spiro atoms. The molecule has 2 aromatic rings. The zero-order valence-corrected chi connectivity index (χ0v) is 12.0. The van der Waals surface area contributed by atoms with Crippen LogP contribution >= 0.6 is 11.6 Å². The molecule has 0 aliphatic heterocycles. The van der Waals surface area contributed by atoms with E-state index in [4.69, 9.17) is 20.9 Å². The van der Waals surface area contributed by atoms with Crippen LogP contribution in [0.2, 0.25) is 5.15 Å². The molecule has 0 aliphatic rings. The Kier molecular flexibility index (Phi) is 4.54. The molecule has 0 bridgehead atoms. The van der Waals surface area contributed by atoms with Crippen LogP contribution in [0.25, 0.3) is 0 Å². The number of carbonyl (C=O) groups is 2. The average molecular weight is 310 g/mol. The van der Waals surface area contributed by atoms with Crippen molar-refractivity contribution in [2.24, 2.45) is 0 Å². The highest BCUT2D eigenvalue weighted by molar-refractivity contribution is 6.29. The average Bonchev–Trinajstić information content (AvgIpc) is 2.84. The van der Waals surface area contributed by atoms with E-state index in [2.05, 4.69) is 15.5 Å². The van der Waals surface area contributed by atoms with Crippen molar-refractivity contribution in [1.82, 2.24) is 10.1 Å². The van der Waals surface area contributed by atoms with Gasteiger partial charge in [-0.2, -0.15) is 0 Å². The molecular weight excluding hydrogens is 298 g/mol. The third-order valence-electron chi connectivity index (χ3n) is 2.50. The minimum atomic E-state index is -0.995. The van der Waals surface area contributed by atoms with Gasteiger partial charge in [0.2, 0.25) is 0 Å². The molecule has 8 heteroatoms. The Balaban J connectivity index is 1.93. The van der Waals surface area contributed by atoms with Crippen molar-refractivity contribution >= 4 is 29.3 Å². The van der Waals surface area contributed by atoms with Crippen LogP contribution in [0.3, 0.4) is 0 Å². The number of carbonyl (C=O) groups excluding carboxylic acids is 2. The van der Waals surface area contributed by atoms with E-state index >= 15 is 0 Å². The predicted molar refractivity (Wildman–Crippen MR) is 74.0 cm³/mol. The van der Waals surface area contributed by atoms with Gasteiger partial charge in [-0.25, -0.2) is 9.78 Å². The third kappa shape index (κ3) is 4.03. The lowest BCUT2D eigenvalue weighted by Gasteiger charge is -2.12. The van der Waals surface area contributed by atoms with Crippen molar-refractivity contribution in [3.8, 4) is 0 Å². The molecule has 2 heterocycles. The maximum Gasteiger partial charge on any atom is 0.340 e. The molecule has 0 aliphatic carbocycles. The summed E-state index contributed by atoms with van der Waals surface area (Å²) in [6, 6.07) is 4.47. The number of nitrogens with one attached hydrogen (secondary N) is 1. The quantitative estimate of drug-likeness (QED) is 0.687. The van der Waals surface area contributed by atoms with Crippen LogP contribution < -0.4 is 5.32 Å². The largest absolute Gasteiger partial charge is 0.449 e. The number of hydrogen-bond acceptors (Lipinski definition) is 6. The number of aromatic nitrogens is 2. The summed E-state index contributed by atoms with van der Waals surface area (Å²) in [5, 5.41) is 6.35. The number of anilines is 1. The van der Waals surface area contributed by atoms with E-state index in [1.54, 1.807) is 13.0 Å². The van der Waals surface area contributed by atoms with E-state index < -0.39 is 18.0 Å². The Hall–Kier alpha value is -2.41. The van der Waals surface area contributed by atoms with E-state index in [1.807, 2.05) is 0 Å². The second-order valence-electron chi connectivity index (χ2n) is 4.23. The van der Waals surface area contributed by atoms with Crippen LogP contribution in [0.1, 0.15) is 23.0 Å². The van der Waals surface area contributed by atoms with Gasteiger partial charge in [0.15, 0.2) is 11.9 Å². The van der Waals surface area contributed by atoms with E-state index in [0.29, 0.717) is 5.76 Å². The van der Waals surface area contributed by atoms with Gasteiger partial charge in [0, 0.05) is 12.3 Å². The van der Waals surface area contributed by atoms with Gasteiger partial charge < -0.3 is 14.6 Å². The van der Waals surface area contributed by atoms with Gasteiger partial charge in [0.1, 0.15) is 10.9 Å². The molecule has 0 radical (unpaired) electrons. The first-order valence-electron chi connectivity index (χ1n) is 6.02. The van der Waals surface area contributed by atoms with Crippen molar-refractivity contribution < 1.29 is 18.8 Å². The number of ether oxygens (including phenoxy) is 1. The van der Waals surface area contributed by atoms with Crippen molar-refractivity contribution in [3.63, 3.8) is 0 Å². The summed E-state index contributed by atoms with van der Waals surface area (Å²) in [5.74, 6) is -0.368. The second-order valence-corrected chi connectivity index (χ2v) is 4.62. The number of amides is 1. The minimum Gasteiger partial charge on any atom is -0.449 e. The van der Waals surface area contributed by atoms with E-state index in [-0.39, 0.29) is 16.5 Å². The number of aryl methyl sites for hydroxylation is 1. The van der Waals surface area contributed by atoms with Gasteiger partial charge in [-0.1, -0.05) is 16.8 Å². The topological polar surface area (TPSA) is 94.3 Å². The van der Waals surface area contributed by atoms with E-state index in [0.717, 1.165) is 0 Å². The fraction of sp³-hybridized carbons (Fsp3) is 0.231. The molecule has 0 saturated carbocycles. The summed E-state index contributed by atoms with van der Waals surface area (Å²) in [6.07, 6.45) is 0.279. The number of pyridine rings is 1. The van der Waals surface area contributed by atoms with E-state index in [1.165, 1.54) is 25.3 Å². The maximum atomic E-state index is 11.8. The lowest BCUT2D eigenvalue weighted by Crippen LogP contribution is -2.30. The SMILES string of the molecule is Cc1cc(NC(=O)C(C)OC(=O)c2ccc(Cl)nc2)no1. The summed E-state index contributed by atoms with van der Waals surface area (Å²) in [7, 11) is 0. The first-order valence-corrected chi connectivity index (χ1v) is 6.40. The van der Waals surface area contributed by atoms with Crippen molar-refractivity contribution in [2.75, 3.05) is 5.32 Å². The highest BCUT2D eigenvalue weighted by atomic mass is 35.5. The summed E-state index contributed by atoms with van der Waals surface area (Å²) >= 11 is 5.62. The number of rotatable bonds is 4. The Morgan fingerprint density at radius 3 is 2.76 bits per heavy atom. The van der Waals surface area contributed by atoms with Crippen LogP contribution in [0.15, 0.2) is 28.9 Å². The summed E-state index contributed by atoms with van der Waals surface area (Å²) in [5.41, 5.74) is 0.205. The number of halogens is 1. The first-order chi connectivity index (χ1) is 9.95. The van der Waals surface area contributed by atoms with Crippen LogP contribution in [0, 0.1) is 6.92 Å². The Labute approximate surface area is 125 Å². The normalized spacial score (nSPS) is 11.8. The Bertz CT molecular complexity index is 654. The minimum absolute atomic E-state index is 0.205. The van der Waals surface area contributed by atoms with Crippen LogP contribution in [-0.2, 0) is 9.53 Å². The molecule has 1 N–H and O–H groups in total. The van der Waals surface area contributed by atoms with Gasteiger partial charge in [-0.15, -0.1) is 0 Å². The van der Waals surface area contributed by atoms with Gasteiger partial charge in [-0.05, 0) is 26.0 Å². The molecule has 2 aromatic heterocycles. The fourth-order valence-electron chi connectivity index (χ4n) is 1.43. The molecule has 1 unspecified atom stereocenters. The molecule has 21 heavy (non-hydrogen) atoms. The highest BCUT2D eigenvalue weighted by Crippen LogP contribution is 2.10. The lowest BCUT2D eigenvalue weighted by molar-refractivity contribution is -0.123. The van der Waals surface area contributed by atoms with Gasteiger partial charge in [0.25, 0.3) is 5.91 Å². The van der Waals surface area contributed by atoms with Crippen molar-refractivity contribution in [2.45, 2.75) is 20.0 Å². The Morgan fingerprint density at radius 1 is 1.43 bits per heavy atom. The monoisotopic (exact) mass is 309 g/mol. The zero-order chi connectivity index (χ0) is 15.4. The summed E-state index contributed by atoms with van der Waals surface area (Å²) < 4.78 is 9.84. The molecule has 7 nitrogen and oxygen atoms in total. The smallest absolute Gasteiger partial charge is 0.340 e. The summed E-state index contributed by atoms with van der Waals surface area (Å²) in [4.78, 5) is 27.4. The zero-order valence-electron chi connectivity index (χ0n) is 11.3. The van der Waals surface area contributed by atoms with Crippen LogP contribution in [-0.4, -0.2) is 28.1 Å². The lowest BCUT2D eigenvalue weighted by atomic mass is 10.3. The van der Waals surface area contributed by atoms with Crippen molar-refractivity contribution in [3.05, 3.63) is 40.9 Å². The molecule has 1 atom stereocenters. The van der Waals surface area contributed by atoms with Crippen molar-refractivity contribution in [1.29, 1.82) is 0 Å². The Morgan fingerprint density at radius 2 is 2.19 bits per heavy atom. The molecular formula is C13H12ClN3O4. The first kappa shape index (κ1) is 15.0. The third-order valence-corrected chi connectivity index (χ3v) is 2.72. The standard InChI is InChI=1S/C13H12ClN3O4/c1-7-5-11(17-21-7)16-12(18)8(2)20-13(19)9-3-4-10(14)15-6-9/h3-6,8H,1-2H3,(H,16,17,18). The number of esters is 1.